The molecule has 1 amide bonds. The summed E-state index contributed by atoms with van der Waals surface area (Å²) in [5.74, 6) is -4.98. The van der Waals surface area contributed by atoms with Crippen molar-refractivity contribution in [2.45, 2.75) is 64.0 Å². The zero-order chi connectivity index (χ0) is 15.6. The van der Waals surface area contributed by atoms with Crippen LogP contribution in [0.25, 0.3) is 0 Å². The molecule has 1 rings (SSSR count). The van der Waals surface area contributed by atoms with Crippen molar-refractivity contribution in [2.75, 3.05) is 0 Å². The largest absolute Gasteiger partial charge is 0.481 e. The van der Waals surface area contributed by atoms with E-state index in [1.54, 1.807) is 20.8 Å². The number of carboxylic acid groups (broad SMARTS) is 1. The molecule has 0 saturated heterocycles. The summed E-state index contributed by atoms with van der Waals surface area (Å²) in [5, 5.41) is 11.1. The molecule has 1 aliphatic rings. The van der Waals surface area contributed by atoms with Crippen molar-refractivity contribution in [1.29, 1.82) is 0 Å². The molecule has 20 heavy (non-hydrogen) atoms. The van der Waals surface area contributed by atoms with Crippen LogP contribution in [0.15, 0.2) is 0 Å². The Morgan fingerprint density at radius 2 is 1.85 bits per heavy atom. The van der Waals surface area contributed by atoms with E-state index in [4.69, 9.17) is 9.84 Å². The molecule has 1 fully saturated rings. The first-order valence-electron chi connectivity index (χ1n) is 6.61. The van der Waals surface area contributed by atoms with Gasteiger partial charge < -0.3 is 15.2 Å². The van der Waals surface area contributed by atoms with Crippen LogP contribution in [-0.4, -0.2) is 34.7 Å². The van der Waals surface area contributed by atoms with E-state index in [0.29, 0.717) is 0 Å². The minimum atomic E-state index is -3.12. The summed E-state index contributed by atoms with van der Waals surface area (Å²) in [6.45, 7) is 4.91. The molecule has 116 valence electrons. The smallest absolute Gasteiger partial charge is 0.408 e. The van der Waals surface area contributed by atoms with Gasteiger partial charge in [0.15, 0.2) is 0 Å². The van der Waals surface area contributed by atoms with Crippen LogP contribution < -0.4 is 5.32 Å². The summed E-state index contributed by atoms with van der Waals surface area (Å²) in [6, 6.07) is -1.39. The van der Waals surface area contributed by atoms with Gasteiger partial charge in [0, 0.05) is 6.42 Å². The SMILES string of the molecule is CC(C)(C)OC(=O)NC1CCC(C(=O)O)CCC1(F)F. The highest BCUT2D eigenvalue weighted by molar-refractivity contribution is 5.70. The van der Waals surface area contributed by atoms with E-state index < -0.39 is 42.0 Å². The average molecular weight is 293 g/mol. The van der Waals surface area contributed by atoms with Crippen molar-refractivity contribution in [2.24, 2.45) is 5.92 Å². The monoisotopic (exact) mass is 293 g/mol. The van der Waals surface area contributed by atoms with Gasteiger partial charge in [0.2, 0.25) is 0 Å². The number of carboxylic acids is 1. The number of carbonyl (C=O) groups is 2. The van der Waals surface area contributed by atoms with Crippen molar-refractivity contribution < 1.29 is 28.2 Å². The number of alkyl halides is 2. The van der Waals surface area contributed by atoms with Crippen LogP contribution in [0.4, 0.5) is 13.6 Å². The molecule has 2 N–H and O–H groups in total. The fourth-order valence-electron chi connectivity index (χ4n) is 2.14. The molecule has 1 saturated carbocycles. The van der Waals surface area contributed by atoms with Gasteiger partial charge >= 0.3 is 12.1 Å². The Bertz CT molecular complexity index is 379. The van der Waals surface area contributed by atoms with Gasteiger partial charge in [-0.15, -0.1) is 0 Å². The summed E-state index contributed by atoms with van der Waals surface area (Å²) in [4.78, 5) is 22.4. The molecule has 0 aromatic heterocycles. The van der Waals surface area contributed by atoms with Crippen LogP contribution in [0, 0.1) is 5.92 Å². The molecule has 0 heterocycles. The van der Waals surface area contributed by atoms with Gasteiger partial charge in [-0.1, -0.05) is 0 Å². The molecule has 0 aliphatic heterocycles. The molecule has 0 radical (unpaired) electrons. The average Bonchev–Trinajstić information content (AvgIpc) is 2.36. The fraction of sp³-hybridized carbons (Fsp3) is 0.846. The number of carbonyl (C=O) groups excluding carboxylic acids is 1. The third-order valence-electron chi connectivity index (χ3n) is 3.18. The molecule has 0 bridgehead atoms. The van der Waals surface area contributed by atoms with Gasteiger partial charge in [0.1, 0.15) is 5.60 Å². The topological polar surface area (TPSA) is 75.6 Å². The number of hydrogen-bond acceptors (Lipinski definition) is 3. The molecule has 2 unspecified atom stereocenters. The Balaban J connectivity index is 2.68. The van der Waals surface area contributed by atoms with Gasteiger partial charge in [0.05, 0.1) is 12.0 Å². The number of amides is 1. The molecule has 7 heteroatoms. The van der Waals surface area contributed by atoms with Crippen LogP contribution in [0.1, 0.15) is 46.5 Å². The lowest BCUT2D eigenvalue weighted by Crippen LogP contribution is -2.48. The number of aliphatic carboxylic acids is 1. The second-order valence-corrected chi connectivity index (χ2v) is 6.11. The van der Waals surface area contributed by atoms with Gasteiger partial charge in [0.25, 0.3) is 5.92 Å². The highest BCUT2D eigenvalue weighted by Crippen LogP contribution is 2.35. The van der Waals surface area contributed by atoms with Gasteiger partial charge in [-0.05, 0) is 40.0 Å². The maximum atomic E-state index is 13.9. The van der Waals surface area contributed by atoms with Crippen LogP contribution in [0.3, 0.4) is 0 Å². The molecular weight excluding hydrogens is 272 g/mol. The summed E-state index contributed by atoms with van der Waals surface area (Å²) in [5.41, 5.74) is -0.770. The Labute approximate surface area is 116 Å². The quantitative estimate of drug-likeness (QED) is 0.768. The number of halogens is 2. The van der Waals surface area contributed by atoms with Crippen molar-refractivity contribution in [3.63, 3.8) is 0 Å². The second kappa shape index (κ2) is 5.93. The van der Waals surface area contributed by atoms with Crippen molar-refractivity contribution in [1.82, 2.24) is 5.32 Å². The van der Waals surface area contributed by atoms with Crippen LogP contribution in [0.5, 0.6) is 0 Å². The number of hydrogen-bond donors (Lipinski definition) is 2. The van der Waals surface area contributed by atoms with E-state index in [2.05, 4.69) is 5.32 Å². The third-order valence-corrected chi connectivity index (χ3v) is 3.18. The van der Waals surface area contributed by atoms with Crippen LogP contribution in [-0.2, 0) is 9.53 Å². The summed E-state index contributed by atoms with van der Waals surface area (Å²) in [6.07, 6.45) is -1.51. The Morgan fingerprint density at radius 1 is 1.25 bits per heavy atom. The number of alkyl carbamates (subject to hydrolysis) is 1. The molecule has 0 aromatic rings. The van der Waals surface area contributed by atoms with Crippen molar-refractivity contribution in [3.8, 4) is 0 Å². The molecule has 1 aliphatic carbocycles. The third kappa shape index (κ3) is 4.94. The van der Waals surface area contributed by atoms with E-state index >= 15 is 0 Å². The van der Waals surface area contributed by atoms with Gasteiger partial charge in [-0.3, -0.25) is 4.79 Å². The number of ether oxygens (including phenoxy) is 1. The molecule has 0 spiro atoms. The summed E-state index contributed by atoms with van der Waals surface area (Å²) in [7, 11) is 0. The van der Waals surface area contributed by atoms with E-state index in [1.165, 1.54) is 0 Å². The Morgan fingerprint density at radius 3 is 2.35 bits per heavy atom. The predicted octanol–water partition coefficient (Wildman–Crippen LogP) is 2.79. The fourth-order valence-corrected chi connectivity index (χ4v) is 2.14. The molecule has 2 atom stereocenters. The lowest BCUT2D eigenvalue weighted by molar-refractivity contribution is -0.142. The Kier molecular flexibility index (Phi) is 4.94. The lowest BCUT2D eigenvalue weighted by Gasteiger charge is -2.27. The minimum Gasteiger partial charge on any atom is -0.481 e. The van der Waals surface area contributed by atoms with E-state index in [9.17, 15) is 18.4 Å². The lowest BCUT2D eigenvalue weighted by atomic mass is 10.0. The summed E-state index contributed by atoms with van der Waals surface area (Å²) < 4.78 is 32.7. The zero-order valence-corrected chi connectivity index (χ0v) is 11.9. The van der Waals surface area contributed by atoms with Gasteiger partial charge in [-0.2, -0.15) is 0 Å². The predicted molar refractivity (Wildman–Crippen MR) is 67.7 cm³/mol. The molecule has 0 aromatic carbocycles. The first kappa shape index (κ1) is 16.7. The minimum absolute atomic E-state index is 0.0801. The first-order valence-corrected chi connectivity index (χ1v) is 6.61. The van der Waals surface area contributed by atoms with Crippen molar-refractivity contribution >= 4 is 12.1 Å². The molecular formula is C13H21F2NO4. The Hall–Kier alpha value is -1.40. The van der Waals surface area contributed by atoms with Crippen LogP contribution in [0.2, 0.25) is 0 Å². The first-order chi connectivity index (χ1) is 9.01. The van der Waals surface area contributed by atoms with Crippen molar-refractivity contribution in [3.05, 3.63) is 0 Å². The number of nitrogens with one attached hydrogen (secondary N) is 1. The highest BCUT2D eigenvalue weighted by atomic mass is 19.3. The van der Waals surface area contributed by atoms with E-state index in [1.807, 2.05) is 0 Å². The maximum Gasteiger partial charge on any atom is 0.408 e. The number of rotatable bonds is 2. The standard InChI is InChI=1S/C13H21F2NO4/c1-12(2,3)20-11(19)16-9-5-4-8(10(17)18)6-7-13(9,14)15/h8-9H,4-7H2,1-3H3,(H,16,19)(H,17,18). The maximum absolute atomic E-state index is 13.9. The second-order valence-electron chi connectivity index (χ2n) is 6.11. The normalized spacial score (nSPS) is 26.4. The van der Waals surface area contributed by atoms with Crippen LogP contribution >= 0.6 is 0 Å². The van der Waals surface area contributed by atoms with E-state index in [0.717, 1.165) is 0 Å². The van der Waals surface area contributed by atoms with Gasteiger partial charge in [-0.25, -0.2) is 13.6 Å². The summed E-state index contributed by atoms with van der Waals surface area (Å²) >= 11 is 0. The molecule has 5 nitrogen and oxygen atoms in total. The highest BCUT2D eigenvalue weighted by Gasteiger charge is 2.44. The zero-order valence-electron chi connectivity index (χ0n) is 11.9. The van der Waals surface area contributed by atoms with E-state index in [-0.39, 0.29) is 19.3 Å².